The number of guanidine groups is 2. The van der Waals surface area contributed by atoms with Crippen molar-refractivity contribution in [3.63, 3.8) is 0 Å². The molecule has 0 bridgehead atoms. The van der Waals surface area contributed by atoms with E-state index in [2.05, 4.69) is 10.6 Å². The molecule has 6 saturated heterocycles. The summed E-state index contributed by atoms with van der Waals surface area (Å²) in [4.78, 5) is 88.3. The standard InChI is InChI=1S/C34H58N10O6.C13H24N4O3/c35-31(36)41-11-7-25(8-12-41)23-29(45)39-15-19-43(20-16-39)33(47)49-27-3-1-4-28(6-2-5-27)50-34(48)44-21-17-40(18-22-44)30(46)24-26-9-13-42(14-10-26)32(37)38;18-12(15-6-3-11-1-4-14-5-2-11)16-7-9-17(10-8-16)13(19)20/h25-28H,1-24H2,(H3,35,36)(H3,37,38);11,14H,1-10H2,(H,15,18)(H,19,20). The van der Waals surface area contributed by atoms with E-state index in [0.717, 1.165) is 83.7 Å². The number of nitrogens with zero attached hydrogens (tertiary/aromatic N) is 8. The predicted molar refractivity (Wildman–Crippen MR) is 261 cm³/mol. The van der Waals surface area contributed by atoms with Gasteiger partial charge in [0.25, 0.3) is 0 Å². The number of carbonyl (C=O) groups is 6. The summed E-state index contributed by atoms with van der Waals surface area (Å²) >= 11 is 0. The molecule has 1 saturated carbocycles. The molecule has 0 spiro atoms. The molecule has 0 aromatic heterocycles. The van der Waals surface area contributed by atoms with Gasteiger partial charge in [0.05, 0.1) is 0 Å². The van der Waals surface area contributed by atoms with Crippen LogP contribution >= 0.6 is 0 Å². The van der Waals surface area contributed by atoms with Gasteiger partial charge in [0.1, 0.15) is 12.2 Å². The van der Waals surface area contributed by atoms with Crippen molar-refractivity contribution in [2.24, 2.45) is 29.2 Å². The Labute approximate surface area is 413 Å². The minimum absolute atomic E-state index is 0.0658. The number of hydrogen-bond donors (Lipinski definition) is 7. The second kappa shape index (κ2) is 27.2. The summed E-state index contributed by atoms with van der Waals surface area (Å²) in [5.41, 5.74) is 11.2. The van der Waals surface area contributed by atoms with Crippen LogP contribution in [0, 0.1) is 28.6 Å². The molecule has 0 unspecified atom stereocenters. The van der Waals surface area contributed by atoms with E-state index in [-0.39, 0.29) is 54.2 Å². The first-order valence-electron chi connectivity index (χ1n) is 26.1. The maximum absolute atomic E-state index is 13.0. The van der Waals surface area contributed by atoms with Crippen molar-refractivity contribution in [1.29, 1.82) is 10.8 Å². The maximum Gasteiger partial charge on any atom is 0.410 e. The van der Waals surface area contributed by atoms with E-state index in [4.69, 9.17) is 36.9 Å². The monoisotopic (exact) mass is 987 g/mol. The molecule has 1 aliphatic carbocycles. The Morgan fingerprint density at radius 2 is 0.857 bits per heavy atom. The van der Waals surface area contributed by atoms with E-state index in [0.29, 0.717) is 142 Å². The fourth-order valence-corrected chi connectivity index (χ4v) is 10.7. The molecule has 6 aliphatic heterocycles. The normalized spacial score (nSPS) is 23.5. The molecule has 0 aromatic carbocycles. The number of rotatable bonds is 9. The molecule has 394 valence electrons. The lowest BCUT2D eigenvalue weighted by atomic mass is 9.93. The highest BCUT2D eigenvalue weighted by atomic mass is 16.6. The number of carboxylic acid groups (broad SMARTS) is 1. The molecule has 9 N–H and O–H groups in total. The van der Waals surface area contributed by atoms with Crippen LogP contribution in [0.25, 0.3) is 0 Å². The molecule has 0 radical (unpaired) electrons. The van der Waals surface area contributed by atoms with Gasteiger partial charge in [0, 0.05) is 124 Å². The number of carbonyl (C=O) groups excluding carboxylic acids is 5. The maximum atomic E-state index is 13.0. The first kappa shape index (κ1) is 53.9. The second-order valence-corrected chi connectivity index (χ2v) is 20.1. The first-order valence-corrected chi connectivity index (χ1v) is 26.1. The topological polar surface area (TPSA) is 291 Å². The molecule has 0 aromatic rings. The van der Waals surface area contributed by atoms with Gasteiger partial charge in [0.15, 0.2) is 11.9 Å². The molecule has 6 heterocycles. The van der Waals surface area contributed by atoms with E-state index >= 15 is 0 Å². The van der Waals surface area contributed by atoms with Crippen molar-refractivity contribution in [3.05, 3.63) is 0 Å². The van der Waals surface area contributed by atoms with E-state index in [9.17, 15) is 28.8 Å². The largest absolute Gasteiger partial charge is 0.465 e. The summed E-state index contributed by atoms with van der Waals surface area (Å²) in [5, 5.41) is 30.3. The molecule has 7 amide bonds. The van der Waals surface area contributed by atoms with Crippen molar-refractivity contribution in [2.45, 2.75) is 109 Å². The number of amides is 7. The molecule has 70 heavy (non-hydrogen) atoms. The third-order valence-electron chi connectivity index (χ3n) is 15.4. The Morgan fingerprint density at radius 1 is 0.486 bits per heavy atom. The van der Waals surface area contributed by atoms with Gasteiger partial charge in [-0.2, -0.15) is 0 Å². The van der Waals surface area contributed by atoms with Crippen LogP contribution in [0.1, 0.15) is 96.3 Å². The van der Waals surface area contributed by atoms with Crippen LogP contribution in [0.3, 0.4) is 0 Å². The Balaban J connectivity index is 0.000000334. The molecule has 23 heteroatoms. The average Bonchev–Trinajstić information content (AvgIpc) is 3.36. The summed E-state index contributed by atoms with van der Waals surface area (Å²) < 4.78 is 11.8. The highest BCUT2D eigenvalue weighted by Gasteiger charge is 2.33. The lowest BCUT2D eigenvalue weighted by molar-refractivity contribution is -0.134. The van der Waals surface area contributed by atoms with Crippen molar-refractivity contribution in [2.75, 3.05) is 124 Å². The molecule has 7 rings (SSSR count). The van der Waals surface area contributed by atoms with Crippen LogP contribution in [-0.2, 0) is 19.1 Å². The van der Waals surface area contributed by atoms with Crippen molar-refractivity contribution < 1.29 is 43.3 Å². The van der Waals surface area contributed by atoms with Crippen LogP contribution < -0.4 is 22.1 Å². The van der Waals surface area contributed by atoms with E-state index in [1.165, 1.54) is 17.7 Å². The summed E-state index contributed by atoms with van der Waals surface area (Å²) in [6.07, 6.45) is 10.4. The van der Waals surface area contributed by atoms with Gasteiger partial charge in [-0.25, -0.2) is 19.2 Å². The fraction of sp³-hybridized carbons (Fsp3) is 0.830. The summed E-state index contributed by atoms with van der Waals surface area (Å²) in [5.74, 6) is 1.75. The predicted octanol–water partition coefficient (Wildman–Crippen LogP) is 2.01. The minimum Gasteiger partial charge on any atom is -0.465 e. The van der Waals surface area contributed by atoms with Gasteiger partial charge in [-0.3, -0.25) is 20.4 Å². The lowest BCUT2D eigenvalue weighted by Gasteiger charge is -2.37. The molecule has 7 fully saturated rings. The third kappa shape index (κ3) is 16.8. The van der Waals surface area contributed by atoms with Crippen molar-refractivity contribution in [1.82, 2.24) is 49.8 Å². The van der Waals surface area contributed by atoms with Crippen LogP contribution in [0.4, 0.5) is 19.2 Å². The number of hydrogen-bond acceptors (Lipinski definition) is 11. The zero-order valence-electron chi connectivity index (χ0n) is 41.4. The van der Waals surface area contributed by atoms with E-state index < -0.39 is 6.09 Å². The quantitative estimate of drug-likeness (QED) is 0.129. The Hall–Kier alpha value is -5.48. The molecule has 7 aliphatic rings. The average molecular weight is 987 g/mol. The highest BCUT2D eigenvalue weighted by Crippen LogP contribution is 2.26. The van der Waals surface area contributed by atoms with E-state index in [1.54, 1.807) is 14.7 Å². The number of urea groups is 1. The zero-order chi connectivity index (χ0) is 50.0. The summed E-state index contributed by atoms with van der Waals surface area (Å²) in [7, 11) is 0. The fourth-order valence-electron chi connectivity index (χ4n) is 10.7. The Kier molecular flexibility index (Phi) is 20.9. The van der Waals surface area contributed by atoms with Gasteiger partial charge in [-0.05, 0) is 114 Å². The number of nitrogens with two attached hydrogens (primary N) is 2. The second-order valence-electron chi connectivity index (χ2n) is 20.1. The number of ether oxygens (including phenoxy) is 2. The summed E-state index contributed by atoms with van der Waals surface area (Å²) in [6, 6.07) is -0.0658. The SMILES string of the molecule is N=C(N)N1CCC(CC(=O)N2CCN(C(=O)OC3CCCC(OC(=O)N4CCN(C(=O)CC5CCN(C(=N)N)CC5)CC4)CCC3)CC2)CC1.O=C(O)N1CCN(C(=O)NCCC2CCNCC2)CC1. The van der Waals surface area contributed by atoms with E-state index in [1.807, 2.05) is 19.6 Å². The first-order chi connectivity index (χ1) is 33.7. The van der Waals surface area contributed by atoms with Gasteiger partial charge in [-0.1, -0.05) is 0 Å². The minimum atomic E-state index is -0.907. The van der Waals surface area contributed by atoms with Crippen LogP contribution in [0.2, 0.25) is 0 Å². The molecule has 0 atom stereocenters. The van der Waals surface area contributed by atoms with Crippen molar-refractivity contribution in [3.8, 4) is 0 Å². The highest BCUT2D eigenvalue weighted by molar-refractivity contribution is 5.79. The molecule has 23 nitrogen and oxygen atoms in total. The van der Waals surface area contributed by atoms with Gasteiger partial charge < -0.3 is 75.9 Å². The lowest BCUT2D eigenvalue weighted by Crippen LogP contribution is -2.53. The zero-order valence-corrected chi connectivity index (χ0v) is 41.4. The Morgan fingerprint density at radius 3 is 1.24 bits per heavy atom. The number of piperidine rings is 3. The number of likely N-dealkylation sites (tertiary alicyclic amines) is 2. The number of piperazine rings is 3. The third-order valence-corrected chi connectivity index (χ3v) is 15.4. The van der Waals surface area contributed by atoms with Gasteiger partial charge in [-0.15, -0.1) is 0 Å². The summed E-state index contributed by atoms with van der Waals surface area (Å²) in [6.45, 7) is 11.4. The van der Waals surface area contributed by atoms with Gasteiger partial charge in [0.2, 0.25) is 11.8 Å². The number of nitrogens with one attached hydrogen (secondary N) is 4. The Bertz CT molecular complexity index is 1650. The van der Waals surface area contributed by atoms with Crippen LogP contribution in [-0.4, -0.2) is 229 Å². The van der Waals surface area contributed by atoms with Gasteiger partial charge >= 0.3 is 24.3 Å². The molecular formula is C47H82N14O9. The van der Waals surface area contributed by atoms with Crippen LogP contribution in [0.15, 0.2) is 0 Å². The van der Waals surface area contributed by atoms with Crippen LogP contribution in [0.5, 0.6) is 0 Å². The van der Waals surface area contributed by atoms with Crippen molar-refractivity contribution >= 4 is 48.0 Å². The smallest absolute Gasteiger partial charge is 0.410 e. The molecular weight excluding hydrogens is 905 g/mol.